The van der Waals surface area contributed by atoms with E-state index in [0.717, 1.165) is 70.6 Å². The predicted molar refractivity (Wildman–Crippen MR) is 264 cm³/mol. The minimum Gasteiger partial charge on any atom is -0.466 e. The maximum atomic E-state index is 12.4. The van der Waals surface area contributed by atoms with Crippen molar-refractivity contribution in [2.24, 2.45) is 0 Å². The van der Waals surface area contributed by atoms with Gasteiger partial charge in [-0.05, 0) is 77.0 Å². The normalized spacial score (nSPS) is 12.8. The highest BCUT2D eigenvalue weighted by Gasteiger charge is 2.20. The SMILES string of the molecule is CCCCCCCC/C=C\CCCCCCCC(=O)OCCCCCC/C=C\CCCCCCCCCC(=O)NC(CO)C(O)CCCCCCCCCCCCCCCC. The molecular formula is C55H105NO5. The summed E-state index contributed by atoms with van der Waals surface area (Å²) in [6.45, 7) is 4.91. The van der Waals surface area contributed by atoms with Crippen LogP contribution in [-0.4, -0.2) is 47.4 Å². The second kappa shape index (κ2) is 51.0. The molecule has 0 aliphatic carbocycles. The first-order chi connectivity index (χ1) is 30.0. The number of unbranched alkanes of at least 4 members (excludes halogenated alkanes) is 35. The number of carbonyl (C=O) groups is 2. The fourth-order valence-corrected chi connectivity index (χ4v) is 8.28. The van der Waals surface area contributed by atoms with Crippen molar-refractivity contribution in [3.8, 4) is 0 Å². The fourth-order valence-electron chi connectivity index (χ4n) is 8.28. The maximum absolute atomic E-state index is 12.4. The molecule has 0 aromatic heterocycles. The third-order valence-corrected chi connectivity index (χ3v) is 12.5. The Labute approximate surface area is 380 Å². The van der Waals surface area contributed by atoms with Gasteiger partial charge in [0.15, 0.2) is 0 Å². The van der Waals surface area contributed by atoms with Gasteiger partial charge in [-0.1, -0.05) is 224 Å². The van der Waals surface area contributed by atoms with Crippen LogP contribution in [0.2, 0.25) is 0 Å². The number of nitrogens with one attached hydrogen (secondary N) is 1. The van der Waals surface area contributed by atoms with E-state index in [2.05, 4.69) is 43.5 Å². The molecule has 0 aliphatic rings. The minimum absolute atomic E-state index is 0.0180. The van der Waals surface area contributed by atoms with Crippen molar-refractivity contribution in [1.82, 2.24) is 5.32 Å². The molecule has 0 spiro atoms. The summed E-state index contributed by atoms with van der Waals surface area (Å²) in [6.07, 6.45) is 60.1. The van der Waals surface area contributed by atoms with Crippen LogP contribution in [-0.2, 0) is 14.3 Å². The minimum atomic E-state index is -0.673. The van der Waals surface area contributed by atoms with Crippen LogP contribution in [0.4, 0.5) is 0 Å². The molecule has 6 heteroatoms. The van der Waals surface area contributed by atoms with E-state index in [1.807, 2.05) is 0 Å². The van der Waals surface area contributed by atoms with Crippen molar-refractivity contribution in [2.45, 2.75) is 302 Å². The topological polar surface area (TPSA) is 95.9 Å². The standard InChI is InChI=1S/C55H105NO5/c1-3-5-7-9-11-13-15-17-20-25-29-33-37-41-45-49-55(60)61-50-46-42-38-34-30-26-22-19-21-24-28-32-36-40-44-48-54(59)56-52(51-57)53(58)47-43-39-35-31-27-23-18-16-14-12-10-8-6-4-2/h17,20,22,26,52-53,57-58H,3-16,18-19,21,23-25,27-51H2,1-2H3,(H,56,59)/b20-17-,26-22-. The molecule has 0 aromatic rings. The lowest BCUT2D eigenvalue weighted by molar-refractivity contribution is -0.143. The lowest BCUT2D eigenvalue weighted by Crippen LogP contribution is -2.45. The third kappa shape index (κ3) is 47.7. The van der Waals surface area contributed by atoms with Gasteiger partial charge in [0.1, 0.15) is 0 Å². The third-order valence-electron chi connectivity index (χ3n) is 12.5. The zero-order chi connectivity index (χ0) is 44.4. The van der Waals surface area contributed by atoms with Crippen molar-refractivity contribution < 1.29 is 24.5 Å². The number of aliphatic hydroxyl groups is 2. The highest BCUT2D eigenvalue weighted by atomic mass is 16.5. The fraction of sp³-hybridized carbons (Fsp3) is 0.891. The first-order valence-electron chi connectivity index (χ1n) is 27.1. The largest absolute Gasteiger partial charge is 0.466 e. The van der Waals surface area contributed by atoms with Crippen LogP contribution in [0.1, 0.15) is 290 Å². The second-order valence-corrected chi connectivity index (χ2v) is 18.6. The number of amides is 1. The average Bonchev–Trinajstić information content (AvgIpc) is 3.26. The number of rotatable bonds is 50. The quantitative estimate of drug-likeness (QED) is 0.0322. The van der Waals surface area contributed by atoms with Gasteiger partial charge < -0.3 is 20.3 Å². The molecule has 0 radical (unpaired) electrons. The molecule has 1 amide bonds. The van der Waals surface area contributed by atoms with Crippen LogP contribution >= 0.6 is 0 Å². The smallest absolute Gasteiger partial charge is 0.305 e. The number of hydrogen-bond donors (Lipinski definition) is 3. The predicted octanol–water partition coefficient (Wildman–Crippen LogP) is 16.3. The highest BCUT2D eigenvalue weighted by Crippen LogP contribution is 2.16. The summed E-state index contributed by atoms with van der Waals surface area (Å²) in [5.41, 5.74) is 0. The van der Waals surface area contributed by atoms with Gasteiger partial charge in [0, 0.05) is 12.8 Å². The van der Waals surface area contributed by atoms with Gasteiger partial charge in [0.2, 0.25) is 5.91 Å². The summed E-state index contributed by atoms with van der Waals surface area (Å²) in [5.74, 6) is -0.0681. The lowest BCUT2D eigenvalue weighted by Gasteiger charge is -2.22. The van der Waals surface area contributed by atoms with E-state index < -0.39 is 12.1 Å². The van der Waals surface area contributed by atoms with Crippen LogP contribution in [0.3, 0.4) is 0 Å². The van der Waals surface area contributed by atoms with Gasteiger partial charge in [0.25, 0.3) is 0 Å². The molecule has 2 atom stereocenters. The molecule has 3 N–H and O–H groups in total. The van der Waals surface area contributed by atoms with E-state index in [-0.39, 0.29) is 18.5 Å². The summed E-state index contributed by atoms with van der Waals surface area (Å²) < 4.78 is 5.45. The zero-order valence-corrected chi connectivity index (χ0v) is 40.9. The number of carbonyl (C=O) groups excluding carboxylic acids is 2. The number of aliphatic hydroxyl groups excluding tert-OH is 2. The van der Waals surface area contributed by atoms with Gasteiger partial charge >= 0.3 is 5.97 Å². The molecule has 0 aromatic carbocycles. The van der Waals surface area contributed by atoms with Crippen molar-refractivity contribution in [3.63, 3.8) is 0 Å². The molecular weight excluding hydrogens is 755 g/mol. The highest BCUT2D eigenvalue weighted by molar-refractivity contribution is 5.76. The van der Waals surface area contributed by atoms with E-state index in [1.54, 1.807) is 0 Å². The van der Waals surface area contributed by atoms with Crippen LogP contribution in [0.5, 0.6) is 0 Å². The number of esters is 1. The van der Waals surface area contributed by atoms with E-state index in [9.17, 15) is 19.8 Å². The number of ether oxygens (including phenoxy) is 1. The molecule has 0 aliphatic heterocycles. The van der Waals surface area contributed by atoms with Crippen molar-refractivity contribution in [3.05, 3.63) is 24.3 Å². The molecule has 2 unspecified atom stereocenters. The van der Waals surface area contributed by atoms with Crippen molar-refractivity contribution in [1.29, 1.82) is 0 Å². The molecule has 61 heavy (non-hydrogen) atoms. The van der Waals surface area contributed by atoms with Gasteiger partial charge in [-0.3, -0.25) is 9.59 Å². The van der Waals surface area contributed by atoms with Gasteiger partial charge in [-0.25, -0.2) is 0 Å². The first kappa shape index (κ1) is 59.3. The molecule has 0 heterocycles. The van der Waals surface area contributed by atoms with Gasteiger partial charge in [0.05, 0.1) is 25.4 Å². The molecule has 360 valence electrons. The Morgan fingerprint density at radius 1 is 0.443 bits per heavy atom. The Balaban J connectivity index is 3.47. The van der Waals surface area contributed by atoms with Gasteiger partial charge in [-0.2, -0.15) is 0 Å². The molecule has 0 saturated carbocycles. The van der Waals surface area contributed by atoms with Crippen LogP contribution < -0.4 is 5.32 Å². The first-order valence-corrected chi connectivity index (χ1v) is 27.1. The monoisotopic (exact) mass is 860 g/mol. The van der Waals surface area contributed by atoms with E-state index in [0.29, 0.717) is 25.9 Å². The second-order valence-electron chi connectivity index (χ2n) is 18.6. The summed E-state index contributed by atoms with van der Waals surface area (Å²) in [4.78, 5) is 24.5. The molecule has 6 nitrogen and oxygen atoms in total. The zero-order valence-electron chi connectivity index (χ0n) is 40.9. The Morgan fingerprint density at radius 2 is 0.770 bits per heavy atom. The molecule has 0 saturated heterocycles. The summed E-state index contributed by atoms with van der Waals surface area (Å²) in [7, 11) is 0. The van der Waals surface area contributed by atoms with E-state index in [1.165, 1.54) is 186 Å². The number of allylic oxidation sites excluding steroid dienone is 4. The van der Waals surface area contributed by atoms with E-state index >= 15 is 0 Å². The van der Waals surface area contributed by atoms with Crippen molar-refractivity contribution >= 4 is 11.9 Å². The van der Waals surface area contributed by atoms with Gasteiger partial charge in [-0.15, -0.1) is 0 Å². The molecule has 0 fully saturated rings. The summed E-state index contributed by atoms with van der Waals surface area (Å²) in [6, 6.07) is -0.552. The Hall–Kier alpha value is -1.66. The van der Waals surface area contributed by atoms with Crippen LogP contribution in [0.15, 0.2) is 24.3 Å². The van der Waals surface area contributed by atoms with Crippen LogP contribution in [0.25, 0.3) is 0 Å². The lowest BCUT2D eigenvalue weighted by atomic mass is 10.0. The molecule has 0 rings (SSSR count). The average molecular weight is 860 g/mol. The molecule has 0 bridgehead atoms. The Kier molecular flexibility index (Phi) is 49.6. The Bertz CT molecular complexity index is 951. The summed E-state index contributed by atoms with van der Waals surface area (Å²) in [5, 5.41) is 23.2. The Morgan fingerprint density at radius 3 is 1.16 bits per heavy atom. The summed E-state index contributed by atoms with van der Waals surface area (Å²) >= 11 is 0. The number of hydrogen-bond acceptors (Lipinski definition) is 5. The van der Waals surface area contributed by atoms with Crippen molar-refractivity contribution in [2.75, 3.05) is 13.2 Å². The van der Waals surface area contributed by atoms with Crippen LogP contribution in [0, 0.1) is 0 Å². The van der Waals surface area contributed by atoms with E-state index in [4.69, 9.17) is 4.74 Å². The maximum Gasteiger partial charge on any atom is 0.305 e.